The summed E-state index contributed by atoms with van der Waals surface area (Å²) in [5, 5.41) is 7.83. The minimum atomic E-state index is -0.0902. The van der Waals surface area contributed by atoms with E-state index in [2.05, 4.69) is 46.1 Å². The van der Waals surface area contributed by atoms with Crippen molar-refractivity contribution in [1.29, 1.82) is 0 Å². The molecular formula is C22H24N4O. The van der Waals surface area contributed by atoms with Gasteiger partial charge in [-0.25, -0.2) is 0 Å². The summed E-state index contributed by atoms with van der Waals surface area (Å²) in [5.74, 6) is -0.0902. The van der Waals surface area contributed by atoms with Gasteiger partial charge >= 0.3 is 0 Å². The Morgan fingerprint density at radius 3 is 2.74 bits per heavy atom. The lowest BCUT2D eigenvalue weighted by Gasteiger charge is -2.36. The molecule has 1 amide bonds. The zero-order chi connectivity index (χ0) is 18.9. The lowest BCUT2D eigenvalue weighted by Crippen LogP contribution is -2.37. The highest BCUT2D eigenvalue weighted by molar-refractivity contribution is 5.94. The molecule has 0 saturated heterocycles. The van der Waals surface area contributed by atoms with Crippen LogP contribution in [0.4, 0.5) is 0 Å². The van der Waals surface area contributed by atoms with E-state index in [-0.39, 0.29) is 17.4 Å². The van der Waals surface area contributed by atoms with E-state index < -0.39 is 0 Å². The summed E-state index contributed by atoms with van der Waals surface area (Å²) in [6, 6.07) is 13.9. The van der Waals surface area contributed by atoms with Gasteiger partial charge in [0, 0.05) is 23.7 Å². The maximum Gasteiger partial charge on any atom is 0.253 e. The van der Waals surface area contributed by atoms with Crippen LogP contribution in [0.3, 0.4) is 0 Å². The van der Waals surface area contributed by atoms with Gasteiger partial charge < -0.3 is 5.32 Å². The molecule has 1 N–H and O–H groups in total. The average molecular weight is 360 g/mol. The SMILES string of the molecule is CC1(C)Cc2c(cnn2Cc2ccccc2)[C@H](NC(=O)c2cccnc2)C1. The van der Waals surface area contributed by atoms with Crippen LogP contribution in [0, 0.1) is 5.41 Å². The number of rotatable bonds is 4. The first-order valence-electron chi connectivity index (χ1n) is 9.31. The van der Waals surface area contributed by atoms with Crippen LogP contribution in [0.2, 0.25) is 0 Å². The van der Waals surface area contributed by atoms with Crippen molar-refractivity contribution in [2.45, 2.75) is 39.3 Å². The molecular weight excluding hydrogens is 336 g/mol. The van der Waals surface area contributed by atoms with Crippen molar-refractivity contribution in [3.63, 3.8) is 0 Å². The Morgan fingerprint density at radius 1 is 1.19 bits per heavy atom. The molecule has 0 spiro atoms. The molecule has 0 saturated carbocycles. The third kappa shape index (κ3) is 3.77. The number of amides is 1. The van der Waals surface area contributed by atoms with E-state index in [0.717, 1.165) is 24.9 Å². The van der Waals surface area contributed by atoms with Gasteiger partial charge in [0.2, 0.25) is 0 Å². The first kappa shape index (κ1) is 17.5. The van der Waals surface area contributed by atoms with Crippen LogP contribution in [-0.2, 0) is 13.0 Å². The molecule has 0 aliphatic heterocycles. The molecule has 1 aromatic carbocycles. The van der Waals surface area contributed by atoms with E-state index in [1.807, 2.05) is 24.4 Å². The summed E-state index contributed by atoms with van der Waals surface area (Å²) in [6.45, 7) is 5.24. The fourth-order valence-corrected chi connectivity index (χ4v) is 3.86. The molecule has 1 aliphatic carbocycles. The van der Waals surface area contributed by atoms with Gasteiger partial charge in [0.25, 0.3) is 5.91 Å². The van der Waals surface area contributed by atoms with Crippen molar-refractivity contribution in [3.05, 3.63) is 83.4 Å². The second kappa shape index (κ2) is 6.99. The number of hydrogen-bond acceptors (Lipinski definition) is 3. The molecule has 5 heteroatoms. The first-order chi connectivity index (χ1) is 13.0. The van der Waals surface area contributed by atoms with E-state index >= 15 is 0 Å². The minimum absolute atomic E-state index is 0.0408. The zero-order valence-electron chi connectivity index (χ0n) is 15.7. The molecule has 0 bridgehead atoms. The van der Waals surface area contributed by atoms with Crippen molar-refractivity contribution < 1.29 is 4.79 Å². The van der Waals surface area contributed by atoms with Crippen molar-refractivity contribution in [2.75, 3.05) is 0 Å². The summed E-state index contributed by atoms with van der Waals surface area (Å²) in [7, 11) is 0. The zero-order valence-corrected chi connectivity index (χ0v) is 15.7. The molecule has 1 aliphatic rings. The topological polar surface area (TPSA) is 59.8 Å². The van der Waals surface area contributed by atoms with Gasteiger partial charge in [-0.1, -0.05) is 44.2 Å². The fourth-order valence-electron chi connectivity index (χ4n) is 3.86. The summed E-state index contributed by atoms with van der Waals surface area (Å²) >= 11 is 0. The summed E-state index contributed by atoms with van der Waals surface area (Å²) in [4.78, 5) is 16.7. The summed E-state index contributed by atoms with van der Waals surface area (Å²) in [6.07, 6.45) is 7.04. The van der Waals surface area contributed by atoms with Crippen molar-refractivity contribution >= 4 is 5.91 Å². The van der Waals surface area contributed by atoms with E-state index in [9.17, 15) is 4.79 Å². The Balaban J connectivity index is 1.61. The number of aromatic nitrogens is 3. The third-order valence-corrected chi connectivity index (χ3v) is 5.16. The van der Waals surface area contributed by atoms with Crippen LogP contribution < -0.4 is 5.32 Å². The molecule has 5 nitrogen and oxygen atoms in total. The highest BCUT2D eigenvalue weighted by Gasteiger charge is 2.35. The summed E-state index contributed by atoms with van der Waals surface area (Å²) in [5.41, 5.74) is 4.24. The highest BCUT2D eigenvalue weighted by Crippen LogP contribution is 2.40. The maximum absolute atomic E-state index is 12.7. The molecule has 3 aromatic rings. The van der Waals surface area contributed by atoms with Gasteiger partial charge in [-0.3, -0.25) is 14.5 Å². The van der Waals surface area contributed by atoms with Crippen molar-refractivity contribution in [2.24, 2.45) is 5.41 Å². The van der Waals surface area contributed by atoms with Gasteiger partial charge in [0.15, 0.2) is 0 Å². The fraction of sp³-hybridized carbons (Fsp3) is 0.318. The highest BCUT2D eigenvalue weighted by atomic mass is 16.1. The second-order valence-corrected chi connectivity index (χ2v) is 8.00. The third-order valence-electron chi connectivity index (χ3n) is 5.16. The van der Waals surface area contributed by atoms with Crippen LogP contribution >= 0.6 is 0 Å². The molecule has 0 radical (unpaired) electrons. The minimum Gasteiger partial charge on any atom is -0.345 e. The maximum atomic E-state index is 12.7. The predicted molar refractivity (Wildman–Crippen MR) is 104 cm³/mol. The number of carbonyl (C=O) groups excluding carboxylic acids is 1. The number of hydrogen-bond donors (Lipinski definition) is 1. The van der Waals surface area contributed by atoms with Crippen LogP contribution in [0.1, 0.15) is 53.5 Å². The lowest BCUT2D eigenvalue weighted by atomic mass is 9.74. The van der Waals surface area contributed by atoms with Gasteiger partial charge in [-0.2, -0.15) is 5.10 Å². The normalized spacial score (nSPS) is 17.9. The Bertz CT molecular complexity index is 931. The molecule has 0 fully saturated rings. The average Bonchev–Trinajstić information content (AvgIpc) is 3.05. The number of carbonyl (C=O) groups is 1. The van der Waals surface area contributed by atoms with Crippen molar-refractivity contribution in [3.8, 4) is 0 Å². The second-order valence-electron chi connectivity index (χ2n) is 8.00. The van der Waals surface area contributed by atoms with Gasteiger partial charge in [0.05, 0.1) is 24.3 Å². The largest absolute Gasteiger partial charge is 0.345 e. The Hall–Kier alpha value is -2.95. The van der Waals surface area contributed by atoms with Gasteiger partial charge in [0.1, 0.15) is 0 Å². The molecule has 2 aromatic heterocycles. The predicted octanol–water partition coefficient (Wildman–Crippen LogP) is 3.77. The van der Waals surface area contributed by atoms with Gasteiger partial charge in [-0.15, -0.1) is 0 Å². The molecule has 138 valence electrons. The van der Waals surface area contributed by atoms with Crippen LogP contribution in [0.15, 0.2) is 61.1 Å². The Kier molecular flexibility index (Phi) is 4.52. The van der Waals surface area contributed by atoms with Gasteiger partial charge in [-0.05, 0) is 36.0 Å². The Labute approximate surface area is 159 Å². The summed E-state index contributed by atoms with van der Waals surface area (Å²) < 4.78 is 2.08. The molecule has 4 rings (SSSR count). The number of benzene rings is 1. The number of nitrogens with zero attached hydrogens (tertiary/aromatic N) is 3. The molecule has 2 heterocycles. The molecule has 27 heavy (non-hydrogen) atoms. The van der Waals surface area contributed by atoms with E-state index in [0.29, 0.717) is 5.56 Å². The number of nitrogens with one attached hydrogen (secondary N) is 1. The van der Waals surface area contributed by atoms with Crippen LogP contribution in [-0.4, -0.2) is 20.7 Å². The Morgan fingerprint density at radius 2 is 2.00 bits per heavy atom. The van der Waals surface area contributed by atoms with Crippen LogP contribution in [0.25, 0.3) is 0 Å². The monoisotopic (exact) mass is 360 g/mol. The van der Waals surface area contributed by atoms with E-state index in [1.165, 1.54) is 11.3 Å². The lowest BCUT2D eigenvalue weighted by molar-refractivity contribution is 0.0918. The molecule has 1 atom stereocenters. The van der Waals surface area contributed by atoms with E-state index in [1.54, 1.807) is 24.5 Å². The van der Waals surface area contributed by atoms with E-state index in [4.69, 9.17) is 0 Å². The first-order valence-corrected chi connectivity index (χ1v) is 9.31. The molecule has 0 unspecified atom stereocenters. The quantitative estimate of drug-likeness (QED) is 0.770. The van der Waals surface area contributed by atoms with Crippen LogP contribution in [0.5, 0.6) is 0 Å². The standard InChI is InChI=1S/C22H24N4O/c1-22(2)11-19(25-21(27)17-9-6-10-23-13-17)18-14-24-26(20(18)12-22)15-16-7-4-3-5-8-16/h3-10,13-14,19H,11-12,15H2,1-2H3,(H,25,27)/t19-/m1/s1. The van der Waals surface area contributed by atoms with Crippen molar-refractivity contribution in [1.82, 2.24) is 20.1 Å². The smallest absolute Gasteiger partial charge is 0.253 e. The number of fused-ring (bicyclic) bond motifs is 1. The number of pyridine rings is 1.